The molecule has 3 rings (SSSR count). The second-order valence-corrected chi connectivity index (χ2v) is 7.42. The number of esters is 1. The van der Waals surface area contributed by atoms with E-state index < -0.39 is 5.41 Å². The summed E-state index contributed by atoms with van der Waals surface area (Å²) in [5, 5.41) is 4.15. The van der Waals surface area contributed by atoms with E-state index >= 15 is 0 Å². The first-order valence-electron chi connectivity index (χ1n) is 9.91. The number of ether oxygens (including phenoxy) is 1. The molecule has 0 aliphatic carbocycles. The second kappa shape index (κ2) is 8.71. The van der Waals surface area contributed by atoms with Crippen LogP contribution in [-0.2, 0) is 19.2 Å². The fourth-order valence-electron chi connectivity index (χ4n) is 3.97. The first kappa shape index (κ1) is 20.3. The zero-order chi connectivity index (χ0) is 20.1. The first-order chi connectivity index (χ1) is 13.5. The van der Waals surface area contributed by atoms with Crippen LogP contribution in [0.2, 0.25) is 0 Å². The summed E-state index contributed by atoms with van der Waals surface area (Å²) in [6.45, 7) is 5.05. The highest BCUT2D eigenvalue weighted by Crippen LogP contribution is 2.40. The highest BCUT2D eigenvalue weighted by Gasteiger charge is 2.46. The van der Waals surface area contributed by atoms with Gasteiger partial charge in [-0.1, -0.05) is 24.2 Å². The molecule has 0 unspecified atom stereocenters. The number of amides is 1. The van der Waals surface area contributed by atoms with Crippen molar-refractivity contribution in [2.45, 2.75) is 52.1 Å². The van der Waals surface area contributed by atoms with Crippen LogP contribution >= 0.6 is 0 Å². The SMILES string of the molecule is CCOC(=O)C1(C[C@@H]2CC(c3ccc(F)cc3)=NO2)CCN(C(=O)CC)CC1. The summed E-state index contributed by atoms with van der Waals surface area (Å²) in [6.07, 6.45) is 2.40. The maximum Gasteiger partial charge on any atom is 0.312 e. The molecule has 152 valence electrons. The molecule has 28 heavy (non-hydrogen) atoms. The van der Waals surface area contributed by atoms with E-state index in [1.54, 1.807) is 19.1 Å². The number of carbonyl (C=O) groups excluding carboxylic acids is 2. The molecule has 1 amide bonds. The van der Waals surface area contributed by atoms with Gasteiger partial charge in [0.1, 0.15) is 11.9 Å². The molecule has 0 radical (unpaired) electrons. The Labute approximate surface area is 164 Å². The van der Waals surface area contributed by atoms with Crippen molar-refractivity contribution in [2.24, 2.45) is 10.6 Å². The molecule has 1 fully saturated rings. The molecular weight excluding hydrogens is 363 g/mol. The Balaban J connectivity index is 1.67. The summed E-state index contributed by atoms with van der Waals surface area (Å²) in [6, 6.07) is 6.14. The monoisotopic (exact) mass is 390 g/mol. The molecular formula is C21H27FN2O4. The number of piperidine rings is 1. The summed E-state index contributed by atoms with van der Waals surface area (Å²) in [4.78, 5) is 32.2. The van der Waals surface area contributed by atoms with Crippen LogP contribution in [0.25, 0.3) is 0 Å². The number of carbonyl (C=O) groups is 2. The fourth-order valence-corrected chi connectivity index (χ4v) is 3.97. The average molecular weight is 390 g/mol. The van der Waals surface area contributed by atoms with Crippen molar-refractivity contribution in [3.05, 3.63) is 35.6 Å². The third-order valence-corrected chi connectivity index (χ3v) is 5.61. The highest BCUT2D eigenvalue weighted by atomic mass is 19.1. The molecule has 1 aromatic carbocycles. The quantitative estimate of drug-likeness (QED) is 0.699. The van der Waals surface area contributed by atoms with Crippen molar-refractivity contribution < 1.29 is 23.6 Å². The number of halogens is 1. The van der Waals surface area contributed by atoms with Gasteiger partial charge >= 0.3 is 5.97 Å². The van der Waals surface area contributed by atoms with Gasteiger partial charge in [-0.2, -0.15) is 0 Å². The second-order valence-electron chi connectivity index (χ2n) is 7.42. The van der Waals surface area contributed by atoms with Gasteiger partial charge in [-0.25, -0.2) is 4.39 Å². The zero-order valence-corrected chi connectivity index (χ0v) is 16.4. The molecule has 0 saturated carbocycles. The van der Waals surface area contributed by atoms with Crippen LogP contribution in [0, 0.1) is 11.2 Å². The lowest BCUT2D eigenvalue weighted by molar-refractivity contribution is -0.163. The van der Waals surface area contributed by atoms with E-state index in [9.17, 15) is 14.0 Å². The smallest absolute Gasteiger partial charge is 0.312 e. The Kier molecular flexibility index (Phi) is 6.31. The molecule has 0 spiro atoms. The largest absolute Gasteiger partial charge is 0.466 e. The van der Waals surface area contributed by atoms with Gasteiger partial charge in [-0.3, -0.25) is 9.59 Å². The lowest BCUT2D eigenvalue weighted by Crippen LogP contribution is -2.48. The van der Waals surface area contributed by atoms with Gasteiger partial charge in [-0.15, -0.1) is 0 Å². The summed E-state index contributed by atoms with van der Waals surface area (Å²) in [7, 11) is 0. The Hall–Kier alpha value is -2.44. The number of rotatable bonds is 6. The molecule has 2 heterocycles. The van der Waals surface area contributed by atoms with Crippen LogP contribution in [0.1, 0.15) is 51.5 Å². The molecule has 0 aromatic heterocycles. The molecule has 0 bridgehead atoms. The van der Waals surface area contributed by atoms with E-state index in [-0.39, 0.29) is 23.8 Å². The third-order valence-electron chi connectivity index (χ3n) is 5.61. The molecule has 2 aliphatic heterocycles. The standard InChI is InChI=1S/C21H27FN2O4/c1-3-19(25)24-11-9-21(10-12-24,20(26)27-4-2)14-17-13-18(23-28-17)15-5-7-16(22)8-6-15/h5-8,17H,3-4,9-14H2,1-2H3/t17-/m0/s1. The molecule has 1 saturated heterocycles. The minimum Gasteiger partial charge on any atom is -0.466 e. The van der Waals surface area contributed by atoms with Gasteiger partial charge in [0.2, 0.25) is 5.91 Å². The van der Waals surface area contributed by atoms with Gasteiger partial charge in [0.15, 0.2) is 0 Å². The van der Waals surface area contributed by atoms with E-state index in [0.29, 0.717) is 51.8 Å². The van der Waals surface area contributed by atoms with E-state index in [4.69, 9.17) is 9.57 Å². The van der Waals surface area contributed by atoms with E-state index in [2.05, 4.69) is 5.16 Å². The van der Waals surface area contributed by atoms with Crippen molar-refractivity contribution in [1.29, 1.82) is 0 Å². The minimum atomic E-state index is -0.668. The van der Waals surface area contributed by atoms with Crippen LogP contribution in [0.15, 0.2) is 29.4 Å². The summed E-state index contributed by atoms with van der Waals surface area (Å²) in [5.41, 5.74) is 0.902. The molecule has 6 nitrogen and oxygen atoms in total. The van der Waals surface area contributed by atoms with Crippen LogP contribution in [0.5, 0.6) is 0 Å². The predicted molar refractivity (Wildman–Crippen MR) is 102 cm³/mol. The average Bonchev–Trinajstić information content (AvgIpc) is 3.17. The number of benzene rings is 1. The third kappa shape index (κ3) is 4.34. The Morgan fingerprint density at radius 1 is 1.25 bits per heavy atom. The predicted octanol–water partition coefficient (Wildman–Crippen LogP) is 3.29. The minimum absolute atomic E-state index is 0.108. The highest BCUT2D eigenvalue weighted by molar-refractivity contribution is 6.01. The zero-order valence-electron chi connectivity index (χ0n) is 16.4. The number of hydrogen-bond donors (Lipinski definition) is 0. The number of nitrogens with zero attached hydrogens (tertiary/aromatic N) is 2. The van der Waals surface area contributed by atoms with E-state index in [1.165, 1.54) is 12.1 Å². The van der Waals surface area contributed by atoms with Gasteiger partial charge in [-0.05, 0) is 37.5 Å². The Morgan fingerprint density at radius 3 is 2.54 bits per heavy atom. The van der Waals surface area contributed by atoms with Crippen molar-refractivity contribution in [3.8, 4) is 0 Å². The van der Waals surface area contributed by atoms with Crippen molar-refractivity contribution in [2.75, 3.05) is 19.7 Å². The summed E-state index contributed by atoms with van der Waals surface area (Å²) in [5.74, 6) is -0.414. The van der Waals surface area contributed by atoms with Gasteiger partial charge in [0.25, 0.3) is 0 Å². The molecule has 7 heteroatoms. The number of likely N-dealkylation sites (tertiary alicyclic amines) is 1. The lowest BCUT2D eigenvalue weighted by Gasteiger charge is -2.40. The number of oxime groups is 1. The van der Waals surface area contributed by atoms with Crippen LogP contribution in [0.3, 0.4) is 0 Å². The molecule has 0 N–H and O–H groups in total. The maximum atomic E-state index is 13.1. The van der Waals surface area contributed by atoms with Crippen molar-refractivity contribution in [3.63, 3.8) is 0 Å². The maximum absolute atomic E-state index is 13.1. The topological polar surface area (TPSA) is 68.2 Å². The van der Waals surface area contributed by atoms with Gasteiger partial charge in [0, 0.05) is 32.4 Å². The fraction of sp³-hybridized carbons (Fsp3) is 0.571. The summed E-state index contributed by atoms with van der Waals surface area (Å²) >= 11 is 0. The van der Waals surface area contributed by atoms with E-state index in [1.807, 2.05) is 11.8 Å². The van der Waals surface area contributed by atoms with Crippen LogP contribution < -0.4 is 0 Å². The normalized spacial score (nSPS) is 21.0. The van der Waals surface area contributed by atoms with Gasteiger partial charge < -0.3 is 14.5 Å². The molecule has 1 atom stereocenters. The Morgan fingerprint density at radius 2 is 1.93 bits per heavy atom. The summed E-state index contributed by atoms with van der Waals surface area (Å²) < 4.78 is 18.5. The molecule has 2 aliphatic rings. The van der Waals surface area contributed by atoms with Crippen molar-refractivity contribution >= 4 is 17.6 Å². The van der Waals surface area contributed by atoms with Gasteiger partial charge in [0.05, 0.1) is 17.7 Å². The molecule has 1 aromatic rings. The van der Waals surface area contributed by atoms with E-state index in [0.717, 1.165) is 11.3 Å². The number of hydrogen-bond acceptors (Lipinski definition) is 5. The lowest BCUT2D eigenvalue weighted by atomic mass is 9.73. The van der Waals surface area contributed by atoms with Crippen molar-refractivity contribution in [1.82, 2.24) is 4.90 Å². The Bertz CT molecular complexity index is 739. The van der Waals surface area contributed by atoms with Crippen LogP contribution in [-0.4, -0.2) is 48.3 Å². The van der Waals surface area contributed by atoms with Crippen LogP contribution in [0.4, 0.5) is 4.39 Å². The first-order valence-corrected chi connectivity index (χ1v) is 9.91.